The SMILES string of the molecule is Cc1ccc(NS(=O)(=O)c2ccc(OC(=O)C(C)(C)C)c(C)c2)c(C(=S)NCC(=O)O)c1. The first kappa shape index (κ1) is 25.3. The van der Waals surface area contributed by atoms with Crippen LogP contribution in [-0.4, -0.2) is 37.0 Å². The Hall–Kier alpha value is -2.98. The van der Waals surface area contributed by atoms with E-state index >= 15 is 0 Å². The molecule has 3 N–H and O–H groups in total. The Labute approximate surface area is 193 Å². The highest BCUT2D eigenvalue weighted by Gasteiger charge is 2.25. The number of sulfonamides is 1. The fraction of sp³-hybridized carbons (Fsp3) is 0.318. The number of ether oxygens (including phenoxy) is 1. The molecule has 0 aromatic heterocycles. The first-order valence-corrected chi connectivity index (χ1v) is 11.6. The van der Waals surface area contributed by atoms with Gasteiger partial charge in [0.1, 0.15) is 17.3 Å². The van der Waals surface area contributed by atoms with Gasteiger partial charge in [-0.25, -0.2) is 8.42 Å². The molecule has 0 aliphatic rings. The van der Waals surface area contributed by atoms with Gasteiger partial charge in [-0.3, -0.25) is 14.3 Å². The van der Waals surface area contributed by atoms with E-state index in [0.717, 1.165) is 5.56 Å². The highest BCUT2D eigenvalue weighted by atomic mass is 32.2. The first-order chi connectivity index (χ1) is 14.7. The zero-order valence-electron chi connectivity index (χ0n) is 18.5. The van der Waals surface area contributed by atoms with Gasteiger partial charge in [0.25, 0.3) is 10.0 Å². The van der Waals surface area contributed by atoms with Gasteiger partial charge in [-0.15, -0.1) is 0 Å². The van der Waals surface area contributed by atoms with Crippen molar-refractivity contribution in [3.63, 3.8) is 0 Å². The number of thiocarbonyl (C=S) groups is 1. The van der Waals surface area contributed by atoms with E-state index in [1.54, 1.807) is 45.9 Å². The molecular formula is C22H26N2O6S2. The zero-order valence-corrected chi connectivity index (χ0v) is 20.1. The summed E-state index contributed by atoms with van der Waals surface area (Å²) in [4.78, 5) is 23.0. The van der Waals surface area contributed by atoms with E-state index in [0.29, 0.717) is 11.1 Å². The molecule has 0 heterocycles. The molecule has 2 aromatic rings. The van der Waals surface area contributed by atoms with Crippen LogP contribution in [0.4, 0.5) is 5.69 Å². The molecule has 2 aromatic carbocycles. The molecule has 0 saturated heterocycles. The number of benzene rings is 2. The number of hydrogen-bond acceptors (Lipinski definition) is 6. The number of esters is 1. The van der Waals surface area contributed by atoms with Gasteiger partial charge in [0.2, 0.25) is 0 Å². The van der Waals surface area contributed by atoms with Crippen molar-refractivity contribution in [1.82, 2.24) is 5.32 Å². The van der Waals surface area contributed by atoms with Gasteiger partial charge >= 0.3 is 11.9 Å². The average molecular weight is 479 g/mol. The molecule has 0 aliphatic carbocycles. The lowest BCUT2D eigenvalue weighted by Gasteiger charge is -2.18. The summed E-state index contributed by atoms with van der Waals surface area (Å²) >= 11 is 5.24. The molecule has 32 heavy (non-hydrogen) atoms. The molecule has 0 bridgehead atoms. The summed E-state index contributed by atoms with van der Waals surface area (Å²) in [5.74, 6) is -1.25. The summed E-state index contributed by atoms with van der Waals surface area (Å²) in [5.41, 5.74) is 1.17. The molecule has 0 radical (unpaired) electrons. The Bertz CT molecular complexity index is 1170. The highest BCUT2D eigenvalue weighted by molar-refractivity contribution is 7.92. The lowest BCUT2D eigenvalue weighted by Crippen LogP contribution is -2.29. The minimum Gasteiger partial charge on any atom is -0.480 e. The summed E-state index contributed by atoms with van der Waals surface area (Å²) < 4.78 is 33.9. The smallest absolute Gasteiger partial charge is 0.322 e. The van der Waals surface area contributed by atoms with E-state index in [2.05, 4.69) is 10.0 Å². The van der Waals surface area contributed by atoms with E-state index in [-0.39, 0.29) is 21.3 Å². The quantitative estimate of drug-likeness (QED) is 0.314. The van der Waals surface area contributed by atoms with Gasteiger partial charge < -0.3 is 15.2 Å². The fourth-order valence-electron chi connectivity index (χ4n) is 2.55. The minimum absolute atomic E-state index is 0.0264. The maximum absolute atomic E-state index is 13.0. The van der Waals surface area contributed by atoms with Crippen molar-refractivity contribution in [2.24, 2.45) is 5.41 Å². The third-order valence-electron chi connectivity index (χ3n) is 4.34. The number of aliphatic carboxylic acids is 1. The lowest BCUT2D eigenvalue weighted by atomic mass is 9.97. The molecule has 0 amide bonds. The Morgan fingerprint density at radius 1 is 1.09 bits per heavy atom. The maximum atomic E-state index is 13.0. The molecule has 0 aliphatic heterocycles. The lowest BCUT2D eigenvalue weighted by molar-refractivity contribution is -0.143. The van der Waals surface area contributed by atoms with E-state index in [1.807, 2.05) is 6.92 Å². The molecule has 8 nitrogen and oxygen atoms in total. The van der Waals surface area contributed by atoms with Crippen LogP contribution in [0.3, 0.4) is 0 Å². The van der Waals surface area contributed by atoms with Crippen LogP contribution in [-0.2, 0) is 19.6 Å². The number of carbonyl (C=O) groups excluding carboxylic acids is 1. The van der Waals surface area contributed by atoms with Gasteiger partial charge in [0.05, 0.1) is 16.0 Å². The number of carboxylic acids is 1. The third-order valence-corrected chi connectivity index (χ3v) is 6.06. The van der Waals surface area contributed by atoms with E-state index < -0.39 is 33.9 Å². The number of nitrogens with one attached hydrogen (secondary N) is 2. The fourth-order valence-corrected chi connectivity index (χ4v) is 3.95. The van der Waals surface area contributed by atoms with Crippen molar-refractivity contribution in [2.45, 2.75) is 39.5 Å². The summed E-state index contributed by atoms with van der Waals surface area (Å²) in [6, 6.07) is 9.11. The molecule has 0 atom stereocenters. The predicted octanol–water partition coefficient (Wildman–Crippen LogP) is 3.41. The van der Waals surface area contributed by atoms with Crippen molar-refractivity contribution in [3.05, 3.63) is 53.1 Å². The predicted molar refractivity (Wildman–Crippen MR) is 126 cm³/mol. The second kappa shape index (κ2) is 9.66. The molecule has 10 heteroatoms. The molecular weight excluding hydrogens is 452 g/mol. The zero-order chi connectivity index (χ0) is 24.3. The van der Waals surface area contributed by atoms with Gasteiger partial charge in [-0.05, 0) is 70.5 Å². The Morgan fingerprint density at radius 3 is 2.31 bits per heavy atom. The Morgan fingerprint density at radius 2 is 1.75 bits per heavy atom. The van der Waals surface area contributed by atoms with Crippen LogP contribution in [0.5, 0.6) is 5.75 Å². The van der Waals surface area contributed by atoms with Crippen LogP contribution in [0, 0.1) is 19.3 Å². The number of carboxylic acid groups (broad SMARTS) is 1. The van der Waals surface area contributed by atoms with Gasteiger partial charge in [0, 0.05) is 5.56 Å². The number of rotatable bonds is 7. The molecule has 0 spiro atoms. The molecule has 172 valence electrons. The number of carbonyl (C=O) groups is 2. The minimum atomic E-state index is -4.00. The van der Waals surface area contributed by atoms with Gasteiger partial charge in [-0.2, -0.15) is 0 Å². The third kappa shape index (κ3) is 6.51. The van der Waals surface area contributed by atoms with Crippen LogP contribution >= 0.6 is 12.2 Å². The highest BCUT2D eigenvalue weighted by Crippen LogP contribution is 2.27. The van der Waals surface area contributed by atoms with Crippen molar-refractivity contribution in [3.8, 4) is 5.75 Å². The molecule has 0 saturated carbocycles. The Kier molecular flexibility index (Phi) is 7.63. The van der Waals surface area contributed by atoms with Gasteiger partial charge in [-0.1, -0.05) is 23.8 Å². The van der Waals surface area contributed by atoms with Crippen LogP contribution in [0.2, 0.25) is 0 Å². The standard InChI is InChI=1S/C22H26N2O6S2/c1-13-6-8-17(16(10-13)20(31)23-12-19(25)26)24-32(28,29)15-7-9-18(14(2)11-15)30-21(27)22(3,4)5/h6-11,24H,12H2,1-5H3,(H,23,31)(H,25,26). The van der Waals surface area contributed by atoms with Crippen LogP contribution in [0.1, 0.15) is 37.5 Å². The Balaban J connectivity index is 2.32. The van der Waals surface area contributed by atoms with Crippen LogP contribution < -0.4 is 14.8 Å². The summed E-state index contributed by atoms with van der Waals surface area (Å²) in [5, 5.41) is 11.4. The van der Waals surface area contributed by atoms with Crippen molar-refractivity contribution >= 4 is 44.9 Å². The number of aryl methyl sites for hydroxylation is 2. The van der Waals surface area contributed by atoms with Crippen LogP contribution in [0.25, 0.3) is 0 Å². The maximum Gasteiger partial charge on any atom is 0.322 e. The normalized spacial score (nSPS) is 11.5. The molecule has 0 fully saturated rings. The van der Waals surface area contributed by atoms with Gasteiger partial charge in [0.15, 0.2) is 0 Å². The number of hydrogen-bond donors (Lipinski definition) is 3. The van der Waals surface area contributed by atoms with E-state index in [9.17, 15) is 18.0 Å². The van der Waals surface area contributed by atoms with E-state index in [4.69, 9.17) is 22.1 Å². The summed E-state index contributed by atoms with van der Waals surface area (Å²) in [6.45, 7) is 8.23. The molecule has 0 unspecified atom stereocenters. The summed E-state index contributed by atoms with van der Waals surface area (Å²) in [6.07, 6.45) is 0. The van der Waals surface area contributed by atoms with Crippen molar-refractivity contribution in [1.29, 1.82) is 0 Å². The van der Waals surface area contributed by atoms with E-state index in [1.165, 1.54) is 18.2 Å². The topological polar surface area (TPSA) is 122 Å². The monoisotopic (exact) mass is 478 g/mol. The number of anilines is 1. The van der Waals surface area contributed by atoms with Crippen molar-refractivity contribution < 1.29 is 27.9 Å². The second-order valence-electron chi connectivity index (χ2n) is 8.30. The first-order valence-electron chi connectivity index (χ1n) is 9.67. The second-order valence-corrected chi connectivity index (χ2v) is 10.4. The molecule has 2 rings (SSSR count). The van der Waals surface area contributed by atoms with Crippen molar-refractivity contribution in [2.75, 3.05) is 11.3 Å². The average Bonchev–Trinajstić information content (AvgIpc) is 2.67. The largest absolute Gasteiger partial charge is 0.480 e. The van der Waals surface area contributed by atoms with Crippen LogP contribution in [0.15, 0.2) is 41.3 Å². The summed E-state index contributed by atoms with van der Waals surface area (Å²) in [7, 11) is -4.00.